The van der Waals surface area contributed by atoms with E-state index < -0.39 is 40.9 Å². The molecule has 4 aromatic rings. The Hall–Kier alpha value is -3.29. The van der Waals surface area contributed by atoms with Crippen LogP contribution in [0.3, 0.4) is 0 Å². The molecular weight excluding hydrogens is 1090 g/mol. The van der Waals surface area contributed by atoms with Crippen molar-refractivity contribution in [3.63, 3.8) is 0 Å². The summed E-state index contributed by atoms with van der Waals surface area (Å²) in [4.78, 5) is 32.4. The molecule has 34 heteroatoms. The van der Waals surface area contributed by atoms with Crippen LogP contribution in [0, 0.1) is 0 Å². The molecule has 12 nitrogen and oxygen atoms in total. The third-order valence-corrected chi connectivity index (χ3v) is 7.17. The molecule has 0 aliphatic carbocycles. The standard InChI is InChI=1S/2C16H16BCl2F2N4O2.2BF4.2Co/c2*1-26-17(20,21)27-14(10-22-8-12-4-2-6-15(18)24-12)11-23-9-13-5-3-7-16(19)25-13;2*2-1(3,4)5;;/h2*2-9,14H,10-11H2,1H3;;;;/q4*-1;2*+2. The van der Waals surface area contributed by atoms with Crippen LogP contribution in [0.4, 0.5) is 51.8 Å². The van der Waals surface area contributed by atoms with Gasteiger partial charge in [-0.05, 0) is 62.8 Å². The molecule has 4 heterocycles. The van der Waals surface area contributed by atoms with Crippen LogP contribution in [0.2, 0.25) is 20.6 Å². The summed E-state index contributed by atoms with van der Waals surface area (Å²) >= 11 is 23.1. The van der Waals surface area contributed by atoms with E-state index in [1.807, 2.05) is 0 Å². The van der Waals surface area contributed by atoms with Crippen molar-refractivity contribution in [3.8, 4) is 0 Å². The Morgan fingerprint density at radius 2 is 0.636 bits per heavy atom. The van der Waals surface area contributed by atoms with E-state index in [9.17, 15) is 51.8 Å². The number of hydrogen-bond acceptors (Lipinski definition) is 12. The van der Waals surface area contributed by atoms with Crippen LogP contribution in [0.5, 0.6) is 0 Å². The molecule has 0 bridgehead atoms. The summed E-state index contributed by atoms with van der Waals surface area (Å²) in [5.74, 6) is 0. The van der Waals surface area contributed by atoms with E-state index in [0.29, 0.717) is 43.4 Å². The number of hydrogen-bond donors (Lipinski definition) is 0. The molecule has 366 valence electrons. The van der Waals surface area contributed by atoms with E-state index in [1.165, 1.54) is 24.9 Å². The number of aromatic nitrogens is 4. The van der Waals surface area contributed by atoms with Gasteiger partial charge < -0.3 is 70.4 Å². The van der Waals surface area contributed by atoms with Gasteiger partial charge in [0.2, 0.25) is 0 Å². The molecule has 4 aromatic heterocycles. The van der Waals surface area contributed by atoms with E-state index in [1.54, 1.807) is 72.8 Å². The molecule has 0 aliphatic rings. The van der Waals surface area contributed by atoms with Crippen molar-refractivity contribution in [2.24, 2.45) is 20.0 Å². The van der Waals surface area contributed by atoms with E-state index in [2.05, 4.69) is 49.2 Å². The molecule has 0 N–H and O–H groups in total. The average molecular weight is 1120 g/mol. The quantitative estimate of drug-likeness (QED) is 0.0416. The van der Waals surface area contributed by atoms with Gasteiger partial charge in [0, 0.05) is 24.9 Å². The molecule has 0 aromatic carbocycles. The Labute approximate surface area is 410 Å². The van der Waals surface area contributed by atoms with E-state index >= 15 is 0 Å². The maximum Gasteiger partial charge on any atom is 2.00 e. The number of pyridine rings is 4. The van der Waals surface area contributed by atoms with E-state index in [4.69, 9.17) is 55.7 Å². The normalized spacial score (nSPS) is 12.9. The first-order valence-corrected chi connectivity index (χ1v) is 19.0. The Balaban J connectivity index is 0. The fourth-order valence-corrected chi connectivity index (χ4v) is 4.57. The largest absolute Gasteiger partial charge is 2.00 e. The van der Waals surface area contributed by atoms with Gasteiger partial charge in [-0.3, -0.25) is 20.0 Å². The zero-order valence-corrected chi connectivity index (χ0v) is 38.6. The molecule has 0 saturated heterocycles. The van der Waals surface area contributed by atoms with Crippen molar-refractivity contribution in [1.29, 1.82) is 0 Å². The maximum atomic E-state index is 13.5. The van der Waals surface area contributed by atoms with Crippen LogP contribution in [0.15, 0.2) is 92.8 Å². The Kier molecular flexibility index (Phi) is 32.6. The summed E-state index contributed by atoms with van der Waals surface area (Å²) in [6.07, 6.45) is 3.66. The number of rotatable bonds is 18. The van der Waals surface area contributed by atoms with Crippen molar-refractivity contribution in [3.05, 3.63) is 116 Å². The summed E-state index contributed by atoms with van der Waals surface area (Å²) in [6, 6.07) is 20.0. The second kappa shape index (κ2) is 33.2. The molecule has 0 atom stereocenters. The van der Waals surface area contributed by atoms with Gasteiger partial charge >= 0.3 is 62.3 Å². The summed E-state index contributed by atoms with van der Waals surface area (Å²) in [7, 11) is -19.1. The fourth-order valence-electron chi connectivity index (χ4n) is 3.89. The van der Waals surface area contributed by atoms with Crippen LogP contribution in [-0.4, -0.2) is 126 Å². The fraction of sp³-hybridized carbons (Fsp3) is 0.250. The van der Waals surface area contributed by atoms with Crippen molar-refractivity contribution in [2.75, 3.05) is 40.4 Å². The molecule has 4 rings (SSSR count). The average Bonchev–Trinajstić information content (AvgIpc) is 3.17. The van der Waals surface area contributed by atoms with Crippen LogP contribution < -0.4 is 0 Å². The third kappa shape index (κ3) is 36.8. The first kappa shape index (κ1) is 64.8. The zero-order chi connectivity index (χ0) is 48.4. The molecule has 0 amide bonds. The Morgan fingerprint density at radius 3 is 0.803 bits per heavy atom. The van der Waals surface area contributed by atoms with Gasteiger partial charge in [-0.15, -0.1) is 0 Å². The van der Waals surface area contributed by atoms with Gasteiger partial charge in [0.1, 0.15) is 20.6 Å². The first-order chi connectivity index (χ1) is 29.8. The molecule has 0 fully saturated rings. The SMILES string of the molecule is CO[B-](F)(F)OC(CN=Cc1cccc(Cl)n1)CN=Cc1cccc(Cl)n1.CO[B-](F)(F)OC(CN=Cc1cccc(Cl)n1)CN=Cc1cccc(Cl)n1.F[B-](F)(F)F.F[B-](F)(F)F.[Co+2].[Co+2]. The van der Waals surface area contributed by atoms with Gasteiger partial charge in [-0.25, -0.2) is 19.9 Å². The van der Waals surface area contributed by atoms with Crippen LogP contribution in [0.1, 0.15) is 22.8 Å². The molecule has 0 unspecified atom stereocenters. The summed E-state index contributed by atoms with van der Waals surface area (Å²) in [6.45, 7) is -0.297. The summed E-state index contributed by atoms with van der Waals surface area (Å²) in [5.41, 5.74) is 1.99. The summed E-state index contributed by atoms with van der Waals surface area (Å²) in [5, 5.41) is 1.22. The van der Waals surface area contributed by atoms with Crippen molar-refractivity contribution >= 4 is 100.0 Å². The predicted molar refractivity (Wildman–Crippen MR) is 227 cm³/mol. The molecule has 0 aliphatic heterocycles. The smallest absolute Gasteiger partial charge is 0.514 e. The predicted octanol–water partition coefficient (Wildman–Crippen LogP) is 10.1. The second-order valence-corrected chi connectivity index (χ2v) is 13.1. The van der Waals surface area contributed by atoms with Gasteiger partial charge in [0.15, 0.2) is 0 Å². The van der Waals surface area contributed by atoms with Gasteiger partial charge in [-0.2, -0.15) is 0 Å². The van der Waals surface area contributed by atoms with Crippen LogP contribution >= 0.6 is 46.4 Å². The minimum Gasteiger partial charge on any atom is -0.514 e. The van der Waals surface area contributed by atoms with Crippen LogP contribution in [0.25, 0.3) is 0 Å². The monoisotopic (exact) mass is 1120 g/mol. The van der Waals surface area contributed by atoms with Gasteiger partial charge in [-0.1, -0.05) is 70.7 Å². The third-order valence-electron chi connectivity index (χ3n) is 6.33. The van der Waals surface area contributed by atoms with Crippen molar-refractivity contribution in [1.82, 2.24) is 19.9 Å². The second-order valence-electron chi connectivity index (χ2n) is 11.6. The number of aliphatic imine (C=N–C) groups is 4. The molecule has 0 spiro atoms. The Bertz CT molecular complexity index is 1850. The van der Waals surface area contributed by atoms with Gasteiger partial charge in [0.05, 0.1) is 61.2 Å². The zero-order valence-electron chi connectivity index (χ0n) is 33.5. The molecule has 66 heavy (non-hydrogen) atoms. The van der Waals surface area contributed by atoms with Crippen LogP contribution in [-0.2, 0) is 52.2 Å². The van der Waals surface area contributed by atoms with E-state index in [-0.39, 0.29) is 59.7 Å². The molecular formula is C32H32B4Cl4Co2F12N8O4. The summed E-state index contributed by atoms with van der Waals surface area (Å²) < 4.78 is 149. The minimum absolute atomic E-state index is 0. The van der Waals surface area contributed by atoms with E-state index in [0.717, 1.165) is 14.2 Å². The molecule has 2 radical (unpaired) electrons. The van der Waals surface area contributed by atoms with Crippen molar-refractivity contribution < 1.29 is 104 Å². The topological polar surface area (TPSA) is 138 Å². The first-order valence-electron chi connectivity index (χ1n) is 17.5. The van der Waals surface area contributed by atoms with Crippen molar-refractivity contribution in [2.45, 2.75) is 12.2 Å². The number of halogens is 16. The number of nitrogens with zero attached hydrogens (tertiary/aromatic N) is 8. The Morgan fingerprint density at radius 1 is 0.439 bits per heavy atom. The molecule has 0 saturated carbocycles. The maximum absolute atomic E-state index is 13.5. The minimum atomic E-state index is -6.00. The van der Waals surface area contributed by atoms with Gasteiger partial charge in [0.25, 0.3) is 0 Å².